The molecule has 0 bridgehead atoms. The monoisotopic (exact) mass is 319 g/mol. The first kappa shape index (κ1) is 14.6. The lowest BCUT2D eigenvalue weighted by atomic mass is 9.99. The van der Waals surface area contributed by atoms with Gasteiger partial charge in [-0.25, -0.2) is 0 Å². The summed E-state index contributed by atoms with van der Waals surface area (Å²) in [4.78, 5) is 17.6. The van der Waals surface area contributed by atoms with Gasteiger partial charge in [-0.15, -0.1) is 0 Å². The van der Waals surface area contributed by atoms with Gasteiger partial charge in [0.15, 0.2) is 0 Å². The van der Waals surface area contributed by atoms with E-state index in [0.717, 1.165) is 41.8 Å². The summed E-state index contributed by atoms with van der Waals surface area (Å²) in [6.45, 7) is 3.68. The maximum atomic E-state index is 11.1. The molecular weight excluding hydrogens is 302 g/mol. The molecule has 0 saturated heterocycles. The van der Waals surface area contributed by atoms with Crippen LogP contribution in [0, 0.1) is 17.0 Å². The Morgan fingerprint density at radius 2 is 1.92 bits per heavy atom. The van der Waals surface area contributed by atoms with Gasteiger partial charge in [0.2, 0.25) is 0 Å². The molecule has 0 N–H and O–H groups in total. The highest BCUT2D eigenvalue weighted by Crippen LogP contribution is 2.33. The van der Waals surface area contributed by atoms with Crippen LogP contribution >= 0.6 is 0 Å². The van der Waals surface area contributed by atoms with Crippen LogP contribution in [0.3, 0.4) is 0 Å². The van der Waals surface area contributed by atoms with Crippen LogP contribution in [0.2, 0.25) is 0 Å². The number of nitro groups is 1. The molecule has 5 nitrogen and oxygen atoms in total. The zero-order valence-corrected chi connectivity index (χ0v) is 13.4. The van der Waals surface area contributed by atoms with Crippen molar-refractivity contribution in [2.75, 3.05) is 11.4 Å². The number of nitro benzene ring substituents is 1. The molecule has 0 aliphatic carbocycles. The van der Waals surface area contributed by atoms with Gasteiger partial charge < -0.3 is 4.90 Å². The molecule has 0 fully saturated rings. The summed E-state index contributed by atoms with van der Waals surface area (Å²) >= 11 is 0. The standard InChI is InChI=1S/C19H17N3O2/c1-13-10-19(17-11-16(22(23)24)6-7-18(17)20-13)21-9-8-14-4-2-3-5-15(14)12-21/h2-7,10-11H,8-9,12H2,1H3. The molecule has 0 saturated carbocycles. The lowest BCUT2D eigenvalue weighted by molar-refractivity contribution is -0.384. The quantitative estimate of drug-likeness (QED) is 0.529. The van der Waals surface area contributed by atoms with Crippen molar-refractivity contribution in [2.45, 2.75) is 19.9 Å². The minimum absolute atomic E-state index is 0.104. The fourth-order valence-corrected chi connectivity index (χ4v) is 3.40. The fourth-order valence-electron chi connectivity index (χ4n) is 3.40. The van der Waals surface area contributed by atoms with Crippen LogP contribution in [0.5, 0.6) is 0 Å². The summed E-state index contributed by atoms with van der Waals surface area (Å²) in [6, 6.07) is 15.4. The molecule has 0 spiro atoms. The van der Waals surface area contributed by atoms with Crippen LogP contribution in [0.25, 0.3) is 10.9 Å². The van der Waals surface area contributed by atoms with Crippen LogP contribution in [0.4, 0.5) is 11.4 Å². The van der Waals surface area contributed by atoms with E-state index in [-0.39, 0.29) is 10.6 Å². The van der Waals surface area contributed by atoms with Crippen LogP contribution in [0.15, 0.2) is 48.5 Å². The van der Waals surface area contributed by atoms with Crippen molar-refractivity contribution < 1.29 is 4.92 Å². The maximum absolute atomic E-state index is 11.1. The lowest BCUT2D eigenvalue weighted by Crippen LogP contribution is -2.30. The van der Waals surface area contributed by atoms with Gasteiger partial charge in [0, 0.05) is 42.0 Å². The minimum atomic E-state index is -0.353. The van der Waals surface area contributed by atoms with Gasteiger partial charge in [0.1, 0.15) is 0 Å². The van der Waals surface area contributed by atoms with E-state index in [2.05, 4.69) is 34.1 Å². The number of hydrogen-bond acceptors (Lipinski definition) is 4. The van der Waals surface area contributed by atoms with E-state index in [9.17, 15) is 10.1 Å². The third-order valence-corrected chi connectivity index (χ3v) is 4.58. The molecule has 120 valence electrons. The lowest BCUT2D eigenvalue weighted by Gasteiger charge is -2.31. The highest BCUT2D eigenvalue weighted by molar-refractivity contribution is 5.93. The average Bonchev–Trinajstić information content (AvgIpc) is 2.60. The van der Waals surface area contributed by atoms with E-state index in [4.69, 9.17) is 0 Å². The van der Waals surface area contributed by atoms with Gasteiger partial charge in [-0.05, 0) is 36.6 Å². The van der Waals surface area contributed by atoms with Gasteiger partial charge in [0.25, 0.3) is 5.69 Å². The van der Waals surface area contributed by atoms with Gasteiger partial charge >= 0.3 is 0 Å². The summed E-state index contributed by atoms with van der Waals surface area (Å²) in [5, 5.41) is 12.0. The Balaban J connectivity index is 1.84. The number of anilines is 1. The van der Waals surface area contributed by atoms with Crippen molar-refractivity contribution >= 4 is 22.3 Å². The molecule has 0 atom stereocenters. The number of aromatic nitrogens is 1. The van der Waals surface area contributed by atoms with Crippen molar-refractivity contribution in [3.8, 4) is 0 Å². The van der Waals surface area contributed by atoms with Crippen molar-refractivity contribution in [3.63, 3.8) is 0 Å². The Bertz CT molecular complexity index is 952. The van der Waals surface area contributed by atoms with E-state index >= 15 is 0 Å². The van der Waals surface area contributed by atoms with Crippen molar-refractivity contribution in [1.29, 1.82) is 0 Å². The minimum Gasteiger partial charge on any atom is -0.366 e. The van der Waals surface area contributed by atoms with Gasteiger partial charge in [-0.1, -0.05) is 24.3 Å². The first-order valence-electron chi connectivity index (χ1n) is 7.99. The maximum Gasteiger partial charge on any atom is 0.270 e. The van der Waals surface area contributed by atoms with Gasteiger partial charge in [-0.2, -0.15) is 0 Å². The number of hydrogen-bond donors (Lipinski definition) is 0. The number of non-ortho nitro benzene ring substituents is 1. The summed E-state index contributed by atoms with van der Waals surface area (Å²) in [5.74, 6) is 0. The molecule has 0 unspecified atom stereocenters. The second-order valence-corrected chi connectivity index (χ2v) is 6.18. The number of benzene rings is 2. The summed E-state index contributed by atoms with van der Waals surface area (Å²) in [5.41, 5.74) is 5.55. The van der Waals surface area contributed by atoms with Crippen molar-refractivity contribution in [2.24, 2.45) is 0 Å². The van der Waals surface area contributed by atoms with E-state index in [1.165, 1.54) is 17.2 Å². The van der Waals surface area contributed by atoms with E-state index in [1.54, 1.807) is 12.1 Å². The number of pyridine rings is 1. The zero-order valence-electron chi connectivity index (χ0n) is 13.4. The SMILES string of the molecule is Cc1cc(N2CCc3ccccc3C2)c2cc([N+](=O)[O-])ccc2n1. The van der Waals surface area contributed by atoms with Crippen LogP contribution in [0.1, 0.15) is 16.8 Å². The Morgan fingerprint density at radius 1 is 1.12 bits per heavy atom. The Hall–Kier alpha value is -2.95. The number of nitrogens with zero attached hydrogens (tertiary/aromatic N) is 3. The number of rotatable bonds is 2. The second-order valence-electron chi connectivity index (χ2n) is 6.18. The third-order valence-electron chi connectivity index (χ3n) is 4.58. The van der Waals surface area contributed by atoms with E-state index < -0.39 is 0 Å². The Kier molecular flexibility index (Phi) is 3.41. The molecule has 0 radical (unpaired) electrons. The number of aryl methyl sites for hydroxylation is 1. The van der Waals surface area contributed by atoms with Crippen molar-refractivity contribution in [1.82, 2.24) is 4.98 Å². The fraction of sp³-hybridized carbons (Fsp3) is 0.211. The average molecular weight is 319 g/mol. The molecule has 2 aromatic carbocycles. The molecule has 2 heterocycles. The summed E-state index contributed by atoms with van der Waals surface area (Å²) in [7, 11) is 0. The largest absolute Gasteiger partial charge is 0.366 e. The molecule has 24 heavy (non-hydrogen) atoms. The highest BCUT2D eigenvalue weighted by Gasteiger charge is 2.20. The van der Waals surface area contributed by atoms with Crippen LogP contribution < -0.4 is 4.90 Å². The first-order chi connectivity index (χ1) is 11.6. The number of fused-ring (bicyclic) bond motifs is 2. The predicted molar refractivity (Wildman–Crippen MR) is 94.3 cm³/mol. The smallest absolute Gasteiger partial charge is 0.270 e. The first-order valence-corrected chi connectivity index (χ1v) is 7.99. The van der Waals surface area contributed by atoms with Gasteiger partial charge in [0.05, 0.1) is 10.4 Å². The molecule has 4 rings (SSSR count). The second kappa shape index (κ2) is 5.60. The van der Waals surface area contributed by atoms with Crippen LogP contribution in [-0.2, 0) is 13.0 Å². The van der Waals surface area contributed by atoms with Crippen LogP contribution in [-0.4, -0.2) is 16.5 Å². The Morgan fingerprint density at radius 3 is 2.71 bits per heavy atom. The molecule has 1 aliphatic heterocycles. The van der Waals surface area contributed by atoms with Gasteiger partial charge in [-0.3, -0.25) is 15.1 Å². The zero-order chi connectivity index (χ0) is 16.7. The normalized spacial score (nSPS) is 13.8. The Labute approximate surface area is 139 Å². The molecule has 5 heteroatoms. The van der Waals surface area contributed by atoms with Crippen molar-refractivity contribution in [3.05, 3.63) is 75.5 Å². The summed E-state index contributed by atoms with van der Waals surface area (Å²) < 4.78 is 0. The molecule has 1 aromatic heterocycles. The third kappa shape index (κ3) is 2.48. The van der Waals surface area contributed by atoms with E-state index in [0.29, 0.717) is 0 Å². The topological polar surface area (TPSA) is 59.3 Å². The predicted octanol–water partition coefficient (Wildman–Crippen LogP) is 4.01. The molecule has 1 aliphatic rings. The molecular formula is C19H17N3O2. The molecule has 0 amide bonds. The molecule has 3 aromatic rings. The van der Waals surface area contributed by atoms with E-state index in [1.807, 2.05) is 13.0 Å². The highest BCUT2D eigenvalue weighted by atomic mass is 16.6. The summed E-state index contributed by atoms with van der Waals surface area (Å²) in [6.07, 6.45) is 0.980.